The van der Waals surface area contributed by atoms with Gasteiger partial charge >= 0.3 is 0 Å². The van der Waals surface area contributed by atoms with Crippen molar-refractivity contribution in [2.45, 2.75) is 142 Å². The van der Waals surface area contributed by atoms with E-state index in [0.29, 0.717) is 0 Å². The number of phosphoric acid groups is 1. The highest BCUT2D eigenvalue weighted by Gasteiger charge is 1.95. The van der Waals surface area contributed by atoms with Gasteiger partial charge in [-0.1, -0.05) is 129 Å². The summed E-state index contributed by atoms with van der Waals surface area (Å²) in [5, 5.41) is 0. The van der Waals surface area contributed by atoms with Gasteiger partial charge in [0.2, 0.25) is 0 Å². The van der Waals surface area contributed by atoms with E-state index < -0.39 is 7.82 Å². The highest BCUT2D eigenvalue weighted by molar-refractivity contribution is 7.40. The predicted molar refractivity (Wildman–Crippen MR) is 140 cm³/mol. The number of ether oxygens (including phenoxy) is 1. The van der Waals surface area contributed by atoms with Gasteiger partial charge in [-0.15, -0.1) is 0 Å². The van der Waals surface area contributed by atoms with Crippen molar-refractivity contribution in [1.82, 2.24) is 18.5 Å². The van der Waals surface area contributed by atoms with Crippen molar-refractivity contribution in [2.24, 2.45) is 0 Å². The van der Waals surface area contributed by atoms with Gasteiger partial charge in [0.1, 0.15) is 0 Å². The van der Waals surface area contributed by atoms with Gasteiger partial charge in [0.25, 0.3) is 0 Å². The van der Waals surface area contributed by atoms with Crippen molar-refractivity contribution in [2.75, 3.05) is 13.2 Å². The molecule has 0 aromatic carbocycles. The molecular formula is C24H62N3O5P. The van der Waals surface area contributed by atoms with Crippen molar-refractivity contribution in [1.29, 1.82) is 0 Å². The molecule has 0 saturated carbocycles. The summed E-state index contributed by atoms with van der Waals surface area (Å²) in [6, 6.07) is 0. The van der Waals surface area contributed by atoms with Gasteiger partial charge < -0.3 is 42.4 Å². The normalized spacial score (nSPS) is 10.3. The summed E-state index contributed by atoms with van der Waals surface area (Å²) in [4.78, 5) is 25.6. The van der Waals surface area contributed by atoms with Crippen molar-refractivity contribution in [3.8, 4) is 0 Å². The fraction of sp³-hybridized carbons (Fsp3) is 1.00. The molecule has 0 aliphatic carbocycles. The van der Waals surface area contributed by atoms with Crippen LogP contribution in [0.15, 0.2) is 0 Å². The molecule has 0 unspecified atom stereocenters. The average molecular weight is 504 g/mol. The number of unbranched alkanes of at least 4 members (excludes halogenated alkanes) is 18. The van der Waals surface area contributed by atoms with Crippen LogP contribution in [0, 0.1) is 0 Å². The van der Waals surface area contributed by atoms with Gasteiger partial charge in [0.05, 0.1) is 0 Å². The van der Waals surface area contributed by atoms with E-state index in [0.717, 1.165) is 13.2 Å². The molecule has 0 rings (SSSR count). The Morgan fingerprint density at radius 1 is 0.455 bits per heavy atom. The van der Waals surface area contributed by atoms with Crippen LogP contribution in [0.3, 0.4) is 0 Å². The lowest BCUT2D eigenvalue weighted by atomic mass is 10.1. The standard InChI is InChI=1S/C24H50O.3H3N.H3O4P/c1-3-5-7-9-11-13-15-17-19-21-23-25-24-22-20-18-16-14-12-10-8-6-4-2;;;;1-5(2,3)4/h3-24H2,1-2H3;3*1H3;(H3,1,2,3,4). The number of hydrogen-bond acceptors (Lipinski definition) is 5. The summed E-state index contributed by atoms with van der Waals surface area (Å²) in [5.41, 5.74) is 0. The summed E-state index contributed by atoms with van der Waals surface area (Å²) in [6.07, 6.45) is 28.2. The Morgan fingerprint density at radius 3 is 0.848 bits per heavy atom. The SMILES string of the molecule is CCCCCCCCCCCCOCCCCCCCCCCCC.O=P([O-])([O-])[O-].[NH4+].[NH4+].[NH4+]. The maximum Gasteiger partial charge on any atom is 0.0466 e. The maximum atomic E-state index is 8.55. The van der Waals surface area contributed by atoms with E-state index in [1.54, 1.807) is 0 Å². The molecule has 208 valence electrons. The molecule has 0 amide bonds. The maximum absolute atomic E-state index is 8.55. The molecular weight excluding hydrogens is 441 g/mol. The van der Waals surface area contributed by atoms with E-state index in [1.165, 1.54) is 128 Å². The predicted octanol–water partition coefficient (Wildman–Crippen LogP) is 7.15. The number of rotatable bonds is 22. The highest BCUT2D eigenvalue weighted by atomic mass is 31.2. The molecule has 9 heteroatoms. The number of hydrogen-bond donors (Lipinski definition) is 3. The van der Waals surface area contributed by atoms with Gasteiger partial charge in [0, 0.05) is 13.2 Å². The van der Waals surface area contributed by atoms with E-state index in [2.05, 4.69) is 13.8 Å². The minimum Gasteiger partial charge on any atom is -0.822 e. The minimum absolute atomic E-state index is 0. The molecule has 12 N–H and O–H groups in total. The Morgan fingerprint density at radius 2 is 0.636 bits per heavy atom. The van der Waals surface area contributed by atoms with Crippen LogP contribution in [-0.4, -0.2) is 13.2 Å². The number of quaternary nitrogens is 3. The first-order valence-electron chi connectivity index (χ1n) is 12.7. The lowest BCUT2D eigenvalue weighted by Crippen LogP contribution is -2.24. The molecule has 0 fully saturated rings. The minimum atomic E-state index is -5.39. The van der Waals surface area contributed by atoms with Crippen molar-refractivity contribution < 1.29 is 24.0 Å². The Balaban J connectivity index is -0.000000293. The summed E-state index contributed by atoms with van der Waals surface area (Å²) in [5.74, 6) is 0. The van der Waals surface area contributed by atoms with E-state index in [9.17, 15) is 0 Å². The van der Waals surface area contributed by atoms with E-state index in [4.69, 9.17) is 24.0 Å². The van der Waals surface area contributed by atoms with Crippen LogP contribution in [0.4, 0.5) is 0 Å². The fourth-order valence-electron chi connectivity index (χ4n) is 3.49. The topological polar surface area (TPSA) is 205 Å². The largest absolute Gasteiger partial charge is 0.822 e. The average Bonchev–Trinajstić information content (AvgIpc) is 2.68. The molecule has 0 aromatic heterocycles. The van der Waals surface area contributed by atoms with E-state index in [1.807, 2.05) is 0 Å². The molecule has 0 atom stereocenters. The molecule has 0 aliphatic rings. The van der Waals surface area contributed by atoms with Crippen LogP contribution >= 0.6 is 7.82 Å². The zero-order valence-electron chi connectivity index (χ0n) is 23.0. The highest BCUT2D eigenvalue weighted by Crippen LogP contribution is 2.12. The zero-order valence-corrected chi connectivity index (χ0v) is 23.9. The van der Waals surface area contributed by atoms with E-state index in [-0.39, 0.29) is 18.5 Å². The third-order valence-corrected chi connectivity index (χ3v) is 5.28. The first-order chi connectivity index (χ1) is 14.4. The molecule has 0 spiro atoms. The fourth-order valence-corrected chi connectivity index (χ4v) is 3.49. The molecule has 0 bridgehead atoms. The summed E-state index contributed by atoms with van der Waals surface area (Å²) < 4.78 is 14.3. The molecule has 0 aliphatic heterocycles. The van der Waals surface area contributed by atoms with Crippen molar-refractivity contribution in [3.63, 3.8) is 0 Å². The zero-order chi connectivity index (χ0) is 22.8. The van der Waals surface area contributed by atoms with E-state index >= 15 is 0 Å². The quantitative estimate of drug-likeness (QED) is 0.103. The Labute approximate surface area is 206 Å². The molecule has 33 heavy (non-hydrogen) atoms. The molecule has 0 heterocycles. The second-order valence-electron chi connectivity index (χ2n) is 8.42. The second-order valence-corrected chi connectivity index (χ2v) is 9.32. The van der Waals surface area contributed by atoms with Crippen LogP contribution in [0.5, 0.6) is 0 Å². The lowest BCUT2D eigenvalue weighted by Gasteiger charge is -2.36. The molecule has 0 radical (unpaired) electrons. The van der Waals surface area contributed by atoms with Crippen molar-refractivity contribution in [3.05, 3.63) is 0 Å². The monoisotopic (exact) mass is 503 g/mol. The third kappa shape index (κ3) is 59.5. The molecule has 0 saturated heterocycles. The van der Waals surface area contributed by atoms with Gasteiger partial charge in [-0.05, 0) is 12.8 Å². The Hall–Kier alpha value is -0.0500. The molecule has 0 aromatic rings. The van der Waals surface area contributed by atoms with Gasteiger partial charge in [-0.2, -0.15) is 7.82 Å². The van der Waals surface area contributed by atoms with Crippen LogP contribution in [0.25, 0.3) is 0 Å². The Kier molecular flexibility index (Phi) is 47.6. The smallest absolute Gasteiger partial charge is 0.0466 e. The van der Waals surface area contributed by atoms with Crippen LogP contribution in [0.1, 0.15) is 142 Å². The van der Waals surface area contributed by atoms with Gasteiger partial charge in [0.15, 0.2) is 0 Å². The van der Waals surface area contributed by atoms with Crippen LogP contribution < -0.4 is 33.1 Å². The summed E-state index contributed by atoms with van der Waals surface area (Å²) in [6.45, 7) is 6.57. The summed E-state index contributed by atoms with van der Waals surface area (Å²) >= 11 is 0. The van der Waals surface area contributed by atoms with Crippen LogP contribution in [-0.2, 0) is 9.30 Å². The van der Waals surface area contributed by atoms with Crippen LogP contribution in [0.2, 0.25) is 0 Å². The first-order valence-corrected chi connectivity index (χ1v) is 14.2. The van der Waals surface area contributed by atoms with Gasteiger partial charge in [-0.25, -0.2) is 0 Å². The lowest BCUT2D eigenvalue weighted by molar-refractivity contribution is -0.432. The second kappa shape index (κ2) is 36.5. The van der Waals surface area contributed by atoms with Crippen molar-refractivity contribution >= 4 is 7.82 Å². The first kappa shape index (κ1) is 43.1. The third-order valence-electron chi connectivity index (χ3n) is 5.28. The molecule has 8 nitrogen and oxygen atoms in total. The summed E-state index contributed by atoms with van der Waals surface area (Å²) in [7, 11) is -5.39. The van der Waals surface area contributed by atoms with Gasteiger partial charge in [-0.3, -0.25) is 0 Å². The Bertz CT molecular complexity index is 331.